The van der Waals surface area contributed by atoms with E-state index >= 15 is 0 Å². The zero-order valence-electron chi connectivity index (χ0n) is 11.0. The molecule has 2 fully saturated rings. The van der Waals surface area contributed by atoms with Gasteiger partial charge in [-0.1, -0.05) is 12.5 Å². The maximum atomic E-state index is 3.65. The highest BCUT2D eigenvalue weighted by atomic mass is 14.9. The molecule has 17 heavy (non-hydrogen) atoms. The van der Waals surface area contributed by atoms with Gasteiger partial charge in [0.25, 0.3) is 0 Å². The lowest BCUT2D eigenvalue weighted by Crippen LogP contribution is -2.20. The fourth-order valence-electron chi connectivity index (χ4n) is 3.95. The van der Waals surface area contributed by atoms with Crippen LogP contribution in [-0.4, -0.2) is 6.54 Å². The van der Waals surface area contributed by atoms with Crippen LogP contribution < -0.4 is 5.32 Å². The van der Waals surface area contributed by atoms with Crippen LogP contribution in [0, 0.1) is 31.6 Å². The molecule has 1 nitrogen and oxygen atoms in total. The predicted octanol–water partition coefficient (Wildman–Crippen LogP) is 4.15. The molecule has 2 aliphatic rings. The summed E-state index contributed by atoms with van der Waals surface area (Å²) in [4.78, 5) is 0. The number of rotatable bonds is 3. The van der Waals surface area contributed by atoms with Gasteiger partial charge in [0.2, 0.25) is 0 Å². The van der Waals surface area contributed by atoms with E-state index in [1.54, 1.807) is 0 Å². The summed E-state index contributed by atoms with van der Waals surface area (Å²) in [6.07, 6.45) is 5.98. The van der Waals surface area contributed by atoms with Crippen molar-refractivity contribution < 1.29 is 0 Å². The second-order valence-electron chi connectivity index (χ2n) is 6.19. The third-order valence-corrected chi connectivity index (χ3v) is 4.67. The van der Waals surface area contributed by atoms with Gasteiger partial charge in [-0.3, -0.25) is 0 Å². The topological polar surface area (TPSA) is 12.0 Å². The van der Waals surface area contributed by atoms with Crippen LogP contribution in [0.3, 0.4) is 0 Å². The molecule has 3 rings (SSSR count). The summed E-state index contributed by atoms with van der Waals surface area (Å²) in [6.45, 7) is 5.54. The van der Waals surface area contributed by atoms with Crippen molar-refractivity contribution in [1.29, 1.82) is 0 Å². The van der Waals surface area contributed by atoms with Gasteiger partial charge in [0.1, 0.15) is 0 Å². The zero-order valence-corrected chi connectivity index (χ0v) is 11.0. The third-order valence-electron chi connectivity index (χ3n) is 4.67. The van der Waals surface area contributed by atoms with Crippen LogP contribution in [0.15, 0.2) is 18.2 Å². The lowest BCUT2D eigenvalue weighted by molar-refractivity contribution is 0.348. The second-order valence-corrected chi connectivity index (χ2v) is 6.19. The highest BCUT2D eigenvalue weighted by molar-refractivity contribution is 5.48. The molecule has 3 atom stereocenters. The summed E-state index contributed by atoms with van der Waals surface area (Å²) >= 11 is 0. The molecule has 1 heteroatoms. The molecule has 1 N–H and O–H groups in total. The van der Waals surface area contributed by atoms with Crippen molar-refractivity contribution >= 4 is 5.69 Å². The Kier molecular flexibility index (Phi) is 2.85. The van der Waals surface area contributed by atoms with E-state index in [0.29, 0.717) is 0 Å². The first-order chi connectivity index (χ1) is 8.20. The minimum absolute atomic E-state index is 0.939. The van der Waals surface area contributed by atoms with Crippen LogP contribution in [0.1, 0.15) is 36.8 Å². The van der Waals surface area contributed by atoms with Crippen molar-refractivity contribution in [3.63, 3.8) is 0 Å². The number of fused-ring (bicyclic) bond motifs is 2. The maximum absolute atomic E-state index is 3.65. The number of nitrogens with one attached hydrogen (secondary N) is 1. The summed E-state index contributed by atoms with van der Waals surface area (Å²) < 4.78 is 0. The molecule has 0 radical (unpaired) electrons. The van der Waals surface area contributed by atoms with Crippen molar-refractivity contribution in [2.45, 2.75) is 39.5 Å². The molecular weight excluding hydrogens is 206 g/mol. The van der Waals surface area contributed by atoms with Gasteiger partial charge < -0.3 is 5.32 Å². The standard InChI is InChI=1S/C16H23N/c1-11-5-12(2)7-16(6-11)17-10-15-9-13-3-4-14(15)8-13/h5-7,13-15,17H,3-4,8-10H2,1-2H3. The fourth-order valence-corrected chi connectivity index (χ4v) is 3.95. The first-order valence-electron chi connectivity index (χ1n) is 7.03. The molecule has 1 aromatic rings. The van der Waals surface area contributed by atoms with E-state index in [4.69, 9.17) is 0 Å². The van der Waals surface area contributed by atoms with Crippen LogP contribution >= 0.6 is 0 Å². The Morgan fingerprint density at radius 2 is 1.82 bits per heavy atom. The van der Waals surface area contributed by atoms with Gasteiger partial charge in [0.15, 0.2) is 0 Å². The molecule has 0 heterocycles. The Hall–Kier alpha value is -0.980. The fraction of sp³-hybridized carbons (Fsp3) is 0.625. The monoisotopic (exact) mass is 229 g/mol. The Morgan fingerprint density at radius 3 is 2.41 bits per heavy atom. The van der Waals surface area contributed by atoms with E-state index in [1.807, 2.05) is 0 Å². The van der Waals surface area contributed by atoms with Gasteiger partial charge in [0, 0.05) is 12.2 Å². The summed E-state index contributed by atoms with van der Waals surface area (Å²) in [6, 6.07) is 6.77. The average molecular weight is 229 g/mol. The van der Waals surface area contributed by atoms with Crippen molar-refractivity contribution in [1.82, 2.24) is 0 Å². The van der Waals surface area contributed by atoms with Crippen LogP contribution in [0.4, 0.5) is 5.69 Å². The molecule has 2 aliphatic carbocycles. The van der Waals surface area contributed by atoms with E-state index in [0.717, 1.165) is 17.8 Å². The molecule has 2 bridgehead atoms. The Morgan fingerprint density at radius 1 is 1.06 bits per heavy atom. The second kappa shape index (κ2) is 4.36. The summed E-state index contributed by atoms with van der Waals surface area (Å²) in [5, 5.41) is 3.65. The number of anilines is 1. The molecule has 0 saturated heterocycles. The predicted molar refractivity (Wildman–Crippen MR) is 73.3 cm³/mol. The minimum atomic E-state index is 0.939. The molecule has 0 spiro atoms. The first-order valence-corrected chi connectivity index (χ1v) is 7.03. The Bertz CT molecular complexity index is 390. The number of benzene rings is 1. The van der Waals surface area contributed by atoms with Gasteiger partial charge in [-0.05, 0) is 74.1 Å². The van der Waals surface area contributed by atoms with E-state index in [9.17, 15) is 0 Å². The van der Waals surface area contributed by atoms with E-state index in [1.165, 1.54) is 49.0 Å². The van der Waals surface area contributed by atoms with E-state index in [2.05, 4.69) is 37.4 Å². The smallest absolute Gasteiger partial charge is 0.0345 e. The summed E-state index contributed by atoms with van der Waals surface area (Å²) in [7, 11) is 0. The number of aryl methyl sites for hydroxylation is 2. The van der Waals surface area contributed by atoms with Crippen LogP contribution in [0.25, 0.3) is 0 Å². The zero-order chi connectivity index (χ0) is 11.8. The van der Waals surface area contributed by atoms with E-state index in [-0.39, 0.29) is 0 Å². The van der Waals surface area contributed by atoms with Crippen molar-refractivity contribution in [3.05, 3.63) is 29.3 Å². The molecule has 0 amide bonds. The molecule has 0 aliphatic heterocycles. The van der Waals surface area contributed by atoms with Gasteiger partial charge in [-0.15, -0.1) is 0 Å². The first kappa shape index (κ1) is 11.1. The Balaban J connectivity index is 1.60. The lowest BCUT2D eigenvalue weighted by Gasteiger charge is -2.22. The third kappa shape index (κ3) is 2.34. The number of hydrogen-bond acceptors (Lipinski definition) is 1. The van der Waals surface area contributed by atoms with Crippen LogP contribution in [0.5, 0.6) is 0 Å². The lowest BCUT2D eigenvalue weighted by atomic mass is 9.89. The van der Waals surface area contributed by atoms with Gasteiger partial charge in [-0.2, -0.15) is 0 Å². The Labute approximate surface area is 105 Å². The van der Waals surface area contributed by atoms with Crippen LogP contribution in [0.2, 0.25) is 0 Å². The molecule has 92 valence electrons. The number of hydrogen-bond donors (Lipinski definition) is 1. The molecule has 3 unspecified atom stereocenters. The largest absolute Gasteiger partial charge is 0.385 e. The van der Waals surface area contributed by atoms with Gasteiger partial charge >= 0.3 is 0 Å². The van der Waals surface area contributed by atoms with E-state index < -0.39 is 0 Å². The quantitative estimate of drug-likeness (QED) is 0.821. The molecule has 0 aromatic heterocycles. The summed E-state index contributed by atoms with van der Waals surface area (Å²) in [5.74, 6) is 3.03. The highest BCUT2D eigenvalue weighted by Crippen LogP contribution is 2.48. The van der Waals surface area contributed by atoms with Crippen molar-refractivity contribution in [2.24, 2.45) is 17.8 Å². The highest BCUT2D eigenvalue weighted by Gasteiger charge is 2.38. The van der Waals surface area contributed by atoms with Gasteiger partial charge in [-0.25, -0.2) is 0 Å². The SMILES string of the molecule is Cc1cc(C)cc(NCC2CC3CCC2C3)c1. The molecular formula is C16H23N. The molecule has 1 aromatic carbocycles. The van der Waals surface area contributed by atoms with Crippen LogP contribution in [-0.2, 0) is 0 Å². The summed E-state index contributed by atoms with van der Waals surface area (Å²) in [5.41, 5.74) is 4.03. The van der Waals surface area contributed by atoms with Gasteiger partial charge in [0.05, 0.1) is 0 Å². The van der Waals surface area contributed by atoms with Crippen molar-refractivity contribution in [2.75, 3.05) is 11.9 Å². The normalized spacial score (nSPS) is 30.8. The maximum Gasteiger partial charge on any atom is 0.0345 e. The minimum Gasteiger partial charge on any atom is -0.385 e. The average Bonchev–Trinajstić information content (AvgIpc) is 2.86. The van der Waals surface area contributed by atoms with Crippen molar-refractivity contribution in [3.8, 4) is 0 Å². The molecule has 2 saturated carbocycles.